The fourth-order valence-corrected chi connectivity index (χ4v) is 1.34. The van der Waals surface area contributed by atoms with E-state index in [9.17, 15) is 0 Å². The van der Waals surface area contributed by atoms with Crippen molar-refractivity contribution in [1.29, 1.82) is 0 Å². The molecular weight excluding hydrogens is 162 g/mol. The van der Waals surface area contributed by atoms with E-state index in [0.717, 1.165) is 23.3 Å². The van der Waals surface area contributed by atoms with Crippen molar-refractivity contribution in [2.75, 3.05) is 0 Å². The smallest absolute Gasteiger partial charge is 0.140 e. The van der Waals surface area contributed by atoms with Crippen molar-refractivity contribution < 1.29 is 0 Å². The van der Waals surface area contributed by atoms with Crippen LogP contribution in [0.3, 0.4) is 0 Å². The third-order valence-electron chi connectivity index (χ3n) is 1.94. The summed E-state index contributed by atoms with van der Waals surface area (Å²) in [6, 6.07) is 1.98. The van der Waals surface area contributed by atoms with Gasteiger partial charge in [0.2, 0.25) is 0 Å². The van der Waals surface area contributed by atoms with Gasteiger partial charge in [-0.15, -0.1) is 0 Å². The van der Waals surface area contributed by atoms with E-state index >= 15 is 0 Å². The zero-order valence-corrected chi connectivity index (χ0v) is 7.91. The van der Waals surface area contributed by atoms with Gasteiger partial charge in [0.15, 0.2) is 0 Å². The van der Waals surface area contributed by atoms with Crippen LogP contribution in [0.4, 0.5) is 0 Å². The average molecular weight is 175 g/mol. The number of aromatic amines is 1. The minimum atomic E-state index is 0.604. The molecule has 2 heterocycles. The SMILES string of the molecule is CC(C)Cc1ncc2cc[nH]c2n1. The molecule has 3 nitrogen and oxygen atoms in total. The molecule has 0 fully saturated rings. The lowest BCUT2D eigenvalue weighted by Crippen LogP contribution is -2.00. The lowest BCUT2D eigenvalue weighted by molar-refractivity contribution is 0.622. The maximum Gasteiger partial charge on any atom is 0.140 e. The van der Waals surface area contributed by atoms with Gasteiger partial charge >= 0.3 is 0 Å². The van der Waals surface area contributed by atoms with E-state index in [4.69, 9.17) is 0 Å². The normalized spacial score (nSPS) is 11.3. The molecule has 0 saturated carbocycles. The van der Waals surface area contributed by atoms with Gasteiger partial charge in [0.25, 0.3) is 0 Å². The molecule has 13 heavy (non-hydrogen) atoms. The number of nitrogens with zero attached hydrogens (tertiary/aromatic N) is 2. The van der Waals surface area contributed by atoms with Gasteiger partial charge in [-0.1, -0.05) is 13.8 Å². The Morgan fingerprint density at radius 2 is 2.31 bits per heavy atom. The quantitative estimate of drug-likeness (QED) is 0.759. The van der Waals surface area contributed by atoms with Crippen LogP contribution in [0.1, 0.15) is 19.7 Å². The molecule has 2 rings (SSSR count). The topological polar surface area (TPSA) is 41.6 Å². The Hall–Kier alpha value is -1.38. The van der Waals surface area contributed by atoms with E-state index in [1.807, 2.05) is 18.5 Å². The summed E-state index contributed by atoms with van der Waals surface area (Å²) in [4.78, 5) is 11.8. The molecule has 0 aliphatic rings. The standard InChI is InChI=1S/C10H13N3/c1-7(2)5-9-12-6-8-3-4-11-10(8)13-9/h3-4,6-7H,5H2,1-2H3,(H,11,12,13). The summed E-state index contributed by atoms with van der Waals surface area (Å²) in [5.74, 6) is 1.53. The molecule has 0 spiro atoms. The lowest BCUT2D eigenvalue weighted by atomic mass is 10.1. The van der Waals surface area contributed by atoms with E-state index in [-0.39, 0.29) is 0 Å². The fraction of sp³-hybridized carbons (Fsp3) is 0.400. The van der Waals surface area contributed by atoms with Crippen molar-refractivity contribution in [2.45, 2.75) is 20.3 Å². The van der Waals surface area contributed by atoms with Crippen molar-refractivity contribution in [3.05, 3.63) is 24.3 Å². The van der Waals surface area contributed by atoms with Gasteiger partial charge in [-0.25, -0.2) is 9.97 Å². The second kappa shape index (κ2) is 3.17. The number of H-pyrrole nitrogens is 1. The minimum Gasteiger partial charge on any atom is -0.346 e. The van der Waals surface area contributed by atoms with Crippen LogP contribution in [0.15, 0.2) is 18.5 Å². The summed E-state index contributed by atoms with van der Waals surface area (Å²) in [7, 11) is 0. The Morgan fingerprint density at radius 1 is 1.46 bits per heavy atom. The molecule has 0 saturated heterocycles. The first-order valence-electron chi connectivity index (χ1n) is 4.54. The monoisotopic (exact) mass is 175 g/mol. The van der Waals surface area contributed by atoms with E-state index in [1.54, 1.807) is 0 Å². The highest BCUT2D eigenvalue weighted by Gasteiger charge is 2.02. The molecule has 0 bridgehead atoms. The van der Waals surface area contributed by atoms with Gasteiger partial charge in [-0.2, -0.15) is 0 Å². The number of rotatable bonds is 2. The molecule has 0 atom stereocenters. The van der Waals surface area contributed by atoms with Crippen LogP contribution >= 0.6 is 0 Å². The molecule has 68 valence electrons. The zero-order chi connectivity index (χ0) is 9.26. The van der Waals surface area contributed by atoms with Crippen molar-refractivity contribution >= 4 is 11.0 Å². The van der Waals surface area contributed by atoms with Crippen molar-refractivity contribution in [3.63, 3.8) is 0 Å². The van der Waals surface area contributed by atoms with Gasteiger partial charge in [-0.3, -0.25) is 0 Å². The molecule has 1 N–H and O–H groups in total. The Labute approximate surface area is 77.2 Å². The summed E-state index contributed by atoms with van der Waals surface area (Å²) < 4.78 is 0. The number of nitrogens with one attached hydrogen (secondary N) is 1. The van der Waals surface area contributed by atoms with Crippen molar-refractivity contribution in [1.82, 2.24) is 15.0 Å². The predicted molar refractivity (Wildman–Crippen MR) is 52.4 cm³/mol. The lowest BCUT2D eigenvalue weighted by Gasteiger charge is -2.01. The first-order chi connectivity index (χ1) is 6.25. The van der Waals surface area contributed by atoms with Crippen LogP contribution in [0.2, 0.25) is 0 Å². The van der Waals surface area contributed by atoms with Crippen LogP contribution in [0, 0.1) is 5.92 Å². The molecule has 0 aliphatic carbocycles. The van der Waals surface area contributed by atoms with E-state index in [0.29, 0.717) is 5.92 Å². The average Bonchev–Trinajstić information content (AvgIpc) is 2.49. The third-order valence-corrected chi connectivity index (χ3v) is 1.94. The second-order valence-electron chi connectivity index (χ2n) is 3.67. The number of hydrogen-bond acceptors (Lipinski definition) is 2. The molecule has 2 aromatic rings. The first-order valence-corrected chi connectivity index (χ1v) is 4.54. The molecular formula is C10H13N3. The van der Waals surface area contributed by atoms with Gasteiger partial charge in [0.05, 0.1) is 0 Å². The highest BCUT2D eigenvalue weighted by Crippen LogP contribution is 2.09. The van der Waals surface area contributed by atoms with Crippen molar-refractivity contribution in [2.24, 2.45) is 5.92 Å². The number of hydrogen-bond donors (Lipinski definition) is 1. The van der Waals surface area contributed by atoms with Crippen LogP contribution in [0.5, 0.6) is 0 Å². The van der Waals surface area contributed by atoms with Gasteiger partial charge < -0.3 is 4.98 Å². The zero-order valence-electron chi connectivity index (χ0n) is 7.91. The molecule has 0 aromatic carbocycles. The predicted octanol–water partition coefficient (Wildman–Crippen LogP) is 2.16. The van der Waals surface area contributed by atoms with Crippen LogP contribution in [-0.4, -0.2) is 15.0 Å². The molecule has 3 heteroatoms. The van der Waals surface area contributed by atoms with Gasteiger partial charge in [0.1, 0.15) is 11.5 Å². The summed E-state index contributed by atoms with van der Waals surface area (Å²) in [5, 5.41) is 1.08. The summed E-state index contributed by atoms with van der Waals surface area (Å²) in [6.07, 6.45) is 4.70. The molecule has 0 radical (unpaired) electrons. The van der Waals surface area contributed by atoms with Crippen molar-refractivity contribution in [3.8, 4) is 0 Å². The van der Waals surface area contributed by atoms with Crippen LogP contribution in [-0.2, 0) is 6.42 Å². The highest BCUT2D eigenvalue weighted by molar-refractivity contribution is 5.73. The van der Waals surface area contributed by atoms with E-state index in [1.165, 1.54) is 0 Å². The largest absolute Gasteiger partial charge is 0.346 e. The fourth-order valence-electron chi connectivity index (χ4n) is 1.34. The number of aromatic nitrogens is 3. The molecule has 0 unspecified atom stereocenters. The molecule has 0 aliphatic heterocycles. The van der Waals surface area contributed by atoms with E-state index < -0.39 is 0 Å². The Morgan fingerprint density at radius 3 is 3.08 bits per heavy atom. The van der Waals surface area contributed by atoms with Gasteiger partial charge in [0, 0.05) is 24.2 Å². The third kappa shape index (κ3) is 1.69. The maximum atomic E-state index is 4.41. The van der Waals surface area contributed by atoms with Crippen LogP contribution in [0.25, 0.3) is 11.0 Å². The maximum absolute atomic E-state index is 4.41. The van der Waals surface area contributed by atoms with E-state index in [2.05, 4.69) is 28.8 Å². The Kier molecular flexibility index (Phi) is 2.00. The Balaban J connectivity index is 2.37. The Bertz CT molecular complexity index is 403. The molecule has 2 aromatic heterocycles. The summed E-state index contributed by atoms with van der Waals surface area (Å²) in [6.45, 7) is 4.34. The van der Waals surface area contributed by atoms with Gasteiger partial charge in [-0.05, 0) is 12.0 Å². The summed E-state index contributed by atoms with van der Waals surface area (Å²) in [5.41, 5.74) is 0.936. The minimum absolute atomic E-state index is 0.604. The van der Waals surface area contributed by atoms with Crippen LogP contribution < -0.4 is 0 Å². The summed E-state index contributed by atoms with van der Waals surface area (Å²) >= 11 is 0. The second-order valence-corrected chi connectivity index (χ2v) is 3.67. The first kappa shape index (κ1) is 8.23. The molecule has 0 amide bonds. The number of fused-ring (bicyclic) bond motifs is 1. The highest BCUT2D eigenvalue weighted by atomic mass is 14.9.